The molecule has 1 heterocycles. The van der Waals surface area contributed by atoms with Crippen molar-refractivity contribution >= 4 is 5.69 Å². The molecule has 1 aromatic heterocycles. The summed E-state index contributed by atoms with van der Waals surface area (Å²) in [6.45, 7) is 5.74. The predicted octanol–water partition coefficient (Wildman–Crippen LogP) is 2.78. The van der Waals surface area contributed by atoms with Gasteiger partial charge in [-0.2, -0.15) is 0 Å². The van der Waals surface area contributed by atoms with Gasteiger partial charge >= 0.3 is 6.01 Å². The zero-order valence-corrected chi connectivity index (χ0v) is 10.2. The van der Waals surface area contributed by atoms with Gasteiger partial charge in [-0.25, -0.2) is 9.97 Å². The van der Waals surface area contributed by atoms with Crippen molar-refractivity contribution in [2.24, 2.45) is 0 Å². The molecule has 0 radical (unpaired) electrons. The number of para-hydroxylation sites is 1. The molecule has 4 heteroatoms. The van der Waals surface area contributed by atoms with Crippen LogP contribution in [0.25, 0.3) is 0 Å². The molecule has 0 amide bonds. The summed E-state index contributed by atoms with van der Waals surface area (Å²) in [5, 5.41) is 0. The van der Waals surface area contributed by atoms with Crippen LogP contribution < -0.4 is 10.5 Å². The number of benzene rings is 1. The summed E-state index contributed by atoms with van der Waals surface area (Å²) >= 11 is 0. The third-order valence-corrected chi connectivity index (χ3v) is 2.45. The average molecular weight is 229 g/mol. The number of hydrogen-bond acceptors (Lipinski definition) is 4. The van der Waals surface area contributed by atoms with Gasteiger partial charge in [-0.15, -0.1) is 0 Å². The van der Waals surface area contributed by atoms with Crippen LogP contribution in [-0.2, 0) is 0 Å². The molecule has 88 valence electrons. The molecular formula is C13H15N3O. The van der Waals surface area contributed by atoms with Crippen LogP contribution in [0, 0.1) is 20.8 Å². The number of aromatic nitrogens is 2. The second kappa shape index (κ2) is 4.41. The Labute approximate surface area is 100 Å². The van der Waals surface area contributed by atoms with Crippen LogP contribution in [-0.4, -0.2) is 9.97 Å². The second-order valence-electron chi connectivity index (χ2n) is 4.02. The minimum absolute atomic E-state index is 0.333. The van der Waals surface area contributed by atoms with Crippen LogP contribution in [0.15, 0.2) is 24.3 Å². The number of aryl methyl sites for hydroxylation is 3. The summed E-state index contributed by atoms with van der Waals surface area (Å²) in [7, 11) is 0. The predicted molar refractivity (Wildman–Crippen MR) is 67.2 cm³/mol. The van der Waals surface area contributed by atoms with Crippen molar-refractivity contribution in [1.82, 2.24) is 9.97 Å². The maximum atomic E-state index is 5.93. The highest BCUT2D eigenvalue weighted by Crippen LogP contribution is 2.27. The van der Waals surface area contributed by atoms with E-state index >= 15 is 0 Å². The normalized spacial score (nSPS) is 10.3. The highest BCUT2D eigenvalue weighted by atomic mass is 16.5. The lowest BCUT2D eigenvalue weighted by molar-refractivity contribution is 0.440. The molecule has 1 aromatic carbocycles. The molecule has 17 heavy (non-hydrogen) atoms. The number of anilines is 1. The van der Waals surface area contributed by atoms with Crippen molar-refractivity contribution < 1.29 is 4.74 Å². The van der Waals surface area contributed by atoms with Gasteiger partial charge < -0.3 is 10.5 Å². The molecule has 2 N–H and O–H groups in total. The van der Waals surface area contributed by atoms with E-state index in [-0.39, 0.29) is 0 Å². The minimum atomic E-state index is 0.333. The molecule has 0 unspecified atom stereocenters. The van der Waals surface area contributed by atoms with E-state index < -0.39 is 0 Å². The van der Waals surface area contributed by atoms with Crippen molar-refractivity contribution in [3.63, 3.8) is 0 Å². The van der Waals surface area contributed by atoms with E-state index in [1.54, 1.807) is 0 Å². The van der Waals surface area contributed by atoms with E-state index in [2.05, 4.69) is 9.97 Å². The number of ether oxygens (including phenoxy) is 1. The highest BCUT2D eigenvalue weighted by molar-refractivity contribution is 5.58. The van der Waals surface area contributed by atoms with Crippen molar-refractivity contribution in [2.45, 2.75) is 20.8 Å². The third-order valence-electron chi connectivity index (χ3n) is 2.45. The first-order valence-corrected chi connectivity index (χ1v) is 5.41. The fourth-order valence-electron chi connectivity index (χ4n) is 1.58. The van der Waals surface area contributed by atoms with Gasteiger partial charge in [0.1, 0.15) is 0 Å². The Hall–Kier alpha value is -2.10. The molecule has 2 rings (SSSR count). The van der Waals surface area contributed by atoms with Gasteiger partial charge in [0, 0.05) is 11.4 Å². The van der Waals surface area contributed by atoms with Crippen molar-refractivity contribution in [3.8, 4) is 11.8 Å². The fraction of sp³-hybridized carbons (Fsp3) is 0.231. The molecule has 0 aliphatic carbocycles. The van der Waals surface area contributed by atoms with Crippen LogP contribution in [0.2, 0.25) is 0 Å². The zero-order chi connectivity index (χ0) is 12.4. The highest BCUT2D eigenvalue weighted by Gasteiger charge is 2.07. The molecule has 4 nitrogen and oxygen atoms in total. The summed E-state index contributed by atoms with van der Waals surface area (Å²) in [5.41, 5.74) is 9.27. The summed E-state index contributed by atoms with van der Waals surface area (Å²) in [6, 6.07) is 7.86. The van der Waals surface area contributed by atoms with Crippen LogP contribution >= 0.6 is 0 Å². The van der Waals surface area contributed by atoms with E-state index in [4.69, 9.17) is 10.5 Å². The third kappa shape index (κ3) is 2.53. The van der Waals surface area contributed by atoms with Gasteiger partial charge in [0.05, 0.1) is 5.69 Å². The van der Waals surface area contributed by atoms with Crippen molar-refractivity contribution in [2.75, 3.05) is 5.73 Å². The Balaban J connectivity index is 2.34. The number of nitrogen functional groups attached to an aromatic ring is 1. The van der Waals surface area contributed by atoms with Gasteiger partial charge in [-0.05, 0) is 38.5 Å². The lowest BCUT2D eigenvalue weighted by Crippen LogP contribution is -1.99. The lowest BCUT2D eigenvalue weighted by atomic mass is 10.2. The van der Waals surface area contributed by atoms with Crippen molar-refractivity contribution in [1.29, 1.82) is 0 Å². The molecule has 2 aromatic rings. The first-order valence-electron chi connectivity index (χ1n) is 5.41. The zero-order valence-electron chi connectivity index (χ0n) is 10.2. The number of nitrogens with two attached hydrogens (primary N) is 1. The Bertz CT molecular complexity index is 532. The molecule has 0 fully saturated rings. The standard InChI is InChI=1S/C13H15N3O/c1-8-5-4-6-11(12(8)14)17-13-15-9(2)7-10(3)16-13/h4-7H,14H2,1-3H3. The van der Waals surface area contributed by atoms with E-state index in [0.717, 1.165) is 17.0 Å². The van der Waals surface area contributed by atoms with Crippen molar-refractivity contribution in [3.05, 3.63) is 41.2 Å². The topological polar surface area (TPSA) is 61.0 Å². The van der Waals surface area contributed by atoms with Gasteiger partial charge in [0.2, 0.25) is 0 Å². The van der Waals surface area contributed by atoms with E-state index in [1.807, 2.05) is 45.0 Å². The van der Waals surface area contributed by atoms with Crippen LogP contribution in [0.1, 0.15) is 17.0 Å². The van der Waals surface area contributed by atoms with Gasteiger partial charge in [0.15, 0.2) is 5.75 Å². The van der Waals surface area contributed by atoms with E-state index in [1.165, 1.54) is 0 Å². The average Bonchev–Trinajstić information content (AvgIpc) is 2.23. The lowest BCUT2D eigenvalue weighted by Gasteiger charge is -2.09. The van der Waals surface area contributed by atoms with Crippen LogP contribution in [0.4, 0.5) is 5.69 Å². The molecule has 0 aliphatic rings. The molecule has 0 aliphatic heterocycles. The monoisotopic (exact) mass is 229 g/mol. The Morgan fingerprint density at radius 3 is 2.35 bits per heavy atom. The summed E-state index contributed by atoms with van der Waals surface area (Å²) in [4.78, 5) is 8.42. The number of nitrogens with zero attached hydrogens (tertiary/aromatic N) is 2. The summed E-state index contributed by atoms with van der Waals surface area (Å²) in [6.07, 6.45) is 0. The first-order chi connectivity index (χ1) is 8.06. The van der Waals surface area contributed by atoms with Gasteiger partial charge in [-0.1, -0.05) is 12.1 Å². The summed E-state index contributed by atoms with van der Waals surface area (Å²) < 4.78 is 5.60. The first kappa shape index (κ1) is 11.4. The Morgan fingerprint density at radius 2 is 1.71 bits per heavy atom. The fourth-order valence-corrected chi connectivity index (χ4v) is 1.58. The molecule has 0 spiro atoms. The smallest absolute Gasteiger partial charge is 0.322 e. The molecule has 0 saturated heterocycles. The molecule has 0 atom stereocenters. The van der Waals surface area contributed by atoms with E-state index in [0.29, 0.717) is 17.4 Å². The van der Waals surface area contributed by atoms with Gasteiger partial charge in [-0.3, -0.25) is 0 Å². The van der Waals surface area contributed by atoms with Crippen LogP contribution in [0.5, 0.6) is 11.8 Å². The SMILES string of the molecule is Cc1cc(C)nc(Oc2cccc(C)c2N)n1. The van der Waals surface area contributed by atoms with Gasteiger partial charge in [0.25, 0.3) is 0 Å². The molecule has 0 bridgehead atoms. The largest absolute Gasteiger partial charge is 0.422 e. The summed E-state index contributed by atoms with van der Waals surface area (Å²) in [5.74, 6) is 0.593. The Kier molecular flexibility index (Phi) is 2.95. The molecular weight excluding hydrogens is 214 g/mol. The Morgan fingerprint density at radius 1 is 1.06 bits per heavy atom. The number of hydrogen-bond donors (Lipinski definition) is 1. The number of rotatable bonds is 2. The maximum Gasteiger partial charge on any atom is 0.322 e. The minimum Gasteiger partial charge on any atom is -0.422 e. The molecule has 0 saturated carbocycles. The second-order valence-corrected chi connectivity index (χ2v) is 4.02. The van der Waals surface area contributed by atoms with E-state index in [9.17, 15) is 0 Å². The maximum absolute atomic E-state index is 5.93. The van der Waals surface area contributed by atoms with Crippen LogP contribution in [0.3, 0.4) is 0 Å². The quantitative estimate of drug-likeness (QED) is 0.804.